The molecule has 10 heteroatoms. The van der Waals surface area contributed by atoms with Crippen molar-refractivity contribution in [1.29, 1.82) is 0 Å². The molecule has 2 aromatic carbocycles. The third-order valence-electron chi connectivity index (χ3n) is 6.04. The van der Waals surface area contributed by atoms with Crippen LogP contribution >= 0.6 is 0 Å². The third kappa shape index (κ3) is 6.58. The number of carbonyl (C=O) groups is 3. The number of ether oxygens (including phenoxy) is 2. The molecule has 2 atom stereocenters. The van der Waals surface area contributed by atoms with Crippen LogP contribution in [-0.4, -0.2) is 43.4 Å². The van der Waals surface area contributed by atoms with Crippen LogP contribution in [-0.2, 0) is 28.0 Å². The van der Waals surface area contributed by atoms with E-state index in [1.165, 1.54) is 18.7 Å². The van der Waals surface area contributed by atoms with Gasteiger partial charge in [-0.1, -0.05) is 38.0 Å². The zero-order valence-electron chi connectivity index (χ0n) is 21.8. The van der Waals surface area contributed by atoms with Gasteiger partial charge in [-0.2, -0.15) is 9.36 Å². The summed E-state index contributed by atoms with van der Waals surface area (Å²) in [6.45, 7) is 7.10. The van der Waals surface area contributed by atoms with E-state index in [-0.39, 0.29) is 18.4 Å². The minimum atomic E-state index is -1.16. The number of unbranched alkanes of at least 4 members (excludes halogenated alkanes) is 1. The van der Waals surface area contributed by atoms with Crippen LogP contribution in [0.15, 0.2) is 47.3 Å². The number of tetrazole rings is 1. The first-order valence-electron chi connectivity index (χ1n) is 12.2. The molecule has 3 rings (SSSR count). The number of benzene rings is 2. The lowest BCUT2D eigenvalue weighted by Gasteiger charge is -2.15. The number of carbonyl (C=O) groups excluding carboxylic acids is 3. The van der Waals surface area contributed by atoms with Gasteiger partial charge in [0.1, 0.15) is 12.4 Å². The van der Waals surface area contributed by atoms with Crippen LogP contribution in [0.4, 0.5) is 0 Å². The first-order valence-corrected chi connectivity index (χ1v) is 12.2. The molecule has 0 aliphatic rings. The molecule has 196 valence electrons. The van der Waals surface area contributed by atoms with Crippen LogP contribution < -0.4 is 10.4 Å². The molecule has 0 spiro atoms. The Morgan fingerprint density at radius 3 is 2.43 bits per heavy atom. The summed E-state index contributed by atoms with van der Waals surface area (Å²) < 4.78 is 13.5. The fourth-order valence-electron chi connectivity index (χ4n) is 3.76. The maximum Gasteiger partial charge on any atom is 0.375 e. The first-order chi connectivity index (χ1) is 17.6. The molecule has 0 saturated heterocycles. The number of esters is 1. The van der Waals surface area contributed by atoms with Crippen molar-refractivity contribution in [3.05, 3.63) is 69.6 Å². The number of para-hydroxylation sites is 1. The third-order valence-corrected chi connectivity index (χ3v) is 6.04. The molecule has 0 radical (unpaired) electrons. The number of hydrogen-bond donors (Lipinski definition) is 0. The molecular formula is C27H32N4O6. The van der Waals surface area contributed by atoms with Crippen LogP contribution in [0.1, 0.15) is 61.5 Å². The largest absolute Gasteiger partial charge is 0.489 e. The standard InChI is InChI=1S/C27H32N4O6/c1-6-7-10-18(3)37-26(34)25(33)19(4)24(32)20-13-14-23(17(2)15-20)36-16-21-11-8-9-12-22(21)31-27(35)30(5)28-29-31/h8-9,11-15,18-19H,6-7,10,16H2,1-5H3. The number of aryl methyl sites for hydroxylation is 2. The second kappa shape index (κ2) is 12.2. The lowest BCUT2D eigenvalue weighted by Crippen LogP contribution is -2.31. The molecular weight excluding hydrogens is 476 g/mol. The quantitative estimate of drug-likeness (QED) is 0.158. The highest BCUT2D eigenvalue weighted by Gasteiger charge is 2.30. The van der Waals surface area contributed by atoms with Gasteiger partial charge in [-0.25, -0.2) is 9.59 Å². The molecule has 0 aliphatic heterocycles. The fourth-order valence-corrected chi connectivity index (χ4v) is 3.76. The minimum absolute atomic E-state index is 0.143. The summed E-state index contributed by atoms with van der Waals surface area (Å²) >= 11 is 0. The Morgan fingerprint density at radius 2 is 1.78 bits per heavy atom. The number of aromatic nitrogens is 4. The minimum Gasteiger partial charge on any atom is -0.489 e. The van der Waals surface area contributed by atoms with Crippen molar-refractivity contribution in [2.75, 3.05) is 0 Å². The maximum absolute atomic E-state index is 12.9. The monoisotopic (exact) mass is 508 g/mol. The smallest absolute Gasteiger partial charge is 0.375 e. The van der Waals surface area contributed by atoms with E-state index in [9.17, 15) is 19.2 Å². The van der Waals surface area contributed by atoms with Gasteiger partial charge in [0.05, 0.1) is 17.7 Å². The van der Waals surface area contributed by atoms with E-state index in [0.717, 1.165) is 23.1 Å². The van der Waals surface area contributed by atoms with Crippen LogP contribution in [0.2, 0.25) is 0 Å². The second-order valence-electron chi connectivity index (χ2n) is 9.00. The van der Waals surface area contributed by atoms with Gasteiger partial charge in [0, 0.05) is 18.2 Å². The van der Waals surface area contributed by atoms with E-state index >= 15 is 0 Å². The zero-order chi connectivity index (χ0) is 27.1. The molecule has 10 nitrogen and oxygen atoms in total. The van der Waals surface area contributed by atoms with Crippen molar-refractivity contribution >= 4 is 17.5 Å². The summed E-state index contributed by atoms with van der Waals surface area (Å²) in [6, 6.07) is 12.0. The van der Waals surface area contributed by atoms with Crippen molar-refractivity contribution in [1.82, 2.24) is 19.8 Å². The SMILES string of the molecule is CCCCC(C)OC(=O)C(=O)C(C)C(=O)c1ccc(OCc2ccccc2-n2nnn(C)c2=O)c(C)c1. The summed E-state index contributed by atoms with van der Waals surface area (Å²) in [5.74, 6) is -2.94. The van der Waals surface area contributed by atoms with Gasteiger partial charge in [-0.3, -0.25) is 9.59 Å². The van der Waals surface area contributed by atoms with E-state index < -0.39 is 23.5 Å². The normalized spacial score (nSPS) is 12.6. The summed E-state index contributed by atoms with van der Waals surface area (Å²) in [7, 11) is 1.52. The van der Waals surface area contributed by atoms with E-state index in [1.807, 2.05) is 19.1 Å². The lowest BCUT2D eigenvalue weighted by molar-refractivity contribution is -0.158. The molecule has 2 unspecified atom stereocenters. The Hall–Kier alpha value is -4.08. The highest BCUT2D eigenvalue weighted by Crippen LogP contribution is 2.23. The highest BCUT2D eigenvalue weighted by molar-refractivity contribution is 6.39. The van der Waals surface area contributed by atoms with Crippen molar-refractivity contribution in [2.24, 2.45) is 13.0 Å². The van der Waals surface area contributed by atoms with E-state index in [0.29, 0.717) is 29.0 Å². The number of ketones is 2. The summed E-state index contributed by atoms with van der Waals surface area (Å²) in [4.78, 5) is 49.9. The van der Waals surface area contributed by atoms with E-state index in [1.54, 1.807) is 44.2 Å². The molecule has 0 saturated carbocycles. The van der Waals surface area contributed by atoms with Crippen molar-refractivity contribution in [3.8, 4) is 11.4 Å². The van der Waals surface area contributed by atoms with Crippen molar-refractivity contribution in [2.45, 2.75) is 59.7 Å². The second-order valence-corrected chi connectivity index (χ2v) is 9.00. The Morgan fingerprint density at radius 1 is 1.05 bits per heavy atom. The van der Waals surface area contributed by atoms with Gasteiger partial charge >= 0.3 is 11.7 Å². The molecule has 1 heterocycles. The Bertz CT molecular complexity index is 1340. The lowest BCUT2D eigenvalue weighted by atomic mass is 9.94. The predicted octanol–water partition coefficient (Wildman–Crippen LogP) is 3.36. The molecule has 37 heavy (non-hydrogen) atoms. The Balaban J connectivity index is 1.68. The van der Waals surface area contributed by atoms with Gasteiger partial charge in [-0.05, 0) is 67.4 Å². The van der Waals surface area contributed by atoms with Crippen LogP contribution in [0.5, 0.6) is 5.75 Å². The first kappa shape index (κ1) is 27.5. The fraction of sp³-hybridized carbons (Fsp3) is 0.407. The molecule has 3 aromatic rings. The van der Waals surface area contributed by atoms with Crippen LogP contribution in [0.3, 0.4) is 0 Å². The number of rotatable bonds is 12. The summed E-state index contributed by atoms with van der Waals surface area (Å²) in [5.41, 5.74) is 1.86. The summed E-state index contributed by atoms with van der Waals surface area (Å²) in [5, 5.41) is 7.63. The molecule has 0 amide bonds. The molecule has 0 N–H and O–H groups in total. The van der Waals surface area contributed by atoms with Gasteiger partial charge < -0.3 is 9.47 Å². The molecule has 0 bridgehead atoms. The summed E-state index contributed by atoms with van der Waals surface area (Å²) in [6.07, 6.45) is 2.13. The van der Waals surface area contributed by atoms with Crippen molar-refractivity contribution in [3.63, 3.8) is 0 Å². The zero-order valence-corrected chi connectivity index (χ0v) is 21.8. The van der Waals surface area contributed by atoms with Gasteiger partial charge in [0.2, 0.25) is 0 Å². The van der Waals surface area contributed by atoms with E-state index in [4.69, 9.17) is 9.47 Å². The Kier molecular flexibility index (Phi) is 9.10. The average molecular weight is 509 g/mol. The maximum atomic E-state index is 12.9. The van der Waals surface area contributed by atoms with Crippen LogP contribution in [0, 0.1) is 12.8 Å². The number of nitrogens with zero attached hydrogens (tertiary/aromatic N) is 4. The topological polar surface area (TPSA) is 122 Å². The highest BCUT2D eigenvalue weighted by atomic mass is 16.5. The van der Waals surface area contributed by atoms with Crippen LogP contribution in [0.25, 0.3) is 5.69 Å². The van der Waals surface area contributed by atoms with Gasteiger partial charge in [-0.15, -0.1) is 0 Å². The predicted molar refractivity (Wildman–Crippen MR) is 136 cm³/mol. The number of hydrogen-bond acceptors (Lipinski definition) is 8. The van der Waals surface area contributed by atoms with Gasteiger partial charge in [0.25, 0.3) is 5.78 Å². The average Bonchev–Trinajstić information content (AvgIpc) is 3.23. The van der Waals surface area contributed by atoms with Crippen molar-refractivity contribution < 1.29 is 23.9 Å². The molecule has 0 aliphatic carbocycles. The number of Topliss-reactive ketones (excluding diaryl/α,β-unsaturated/α-hetero) is 2. The molecule has 0 fully saturated rings. The Labute approximate surface area is 215 Å². The van der Waals surface area contributed by atoms with Gasteiger partial charge in [0.15, 0.2) is 5.78 Å². The van der Waals surface area contributed by atoms with E-state index in [2.05, 4.69) is 10.4 Å². The molecule has 1 aromatic heterocycles.